The Morgan fingerprint density at radius 3 is 2.80 bits per heavy atom. The minimum Gasteiger partial charge on any atom is -0.492 e. The zero-order valence-corrected chi connectivity index (χ0v) is 14.3. The lowest BCUT2D eigenvalue weighted by Crippen LogP contribution is -2.17. The summed E-state index contributed by atoms with van der Waals surface area (Å²) in [4.78, 5) is 12.2. The number of nitrogens with one attached hydrogen (secondary N) is 1. The van der Waals surface area contributed by atoms with Crippen molar-refractivity contribution in [2.45, 2.75) is 13.8 Å². The molecule has 0 aromatic heterocycles. The van der Waals surface area contributed by atoms with E-state index in [0.717, 1.165) is 15.8 Å². The first kappa shape index (κ1) is 15.5. The molecule has 3 nitrogen and oxygen atoms in total. The fourth-order valence-corrected chi connectivity index (χ4v) is 3.11. The predicted molar refractivity (Wildman–Crippen MR) is 90.8 cm³/mol. The maximum Gasteiger partial charge on any atom is 0.263 e. The highest BCUT2D eigenvalue weighted by molar-refractivity contribution is 9.10. The molecule has 0 radical (unpaired) electrons. The highest BCUT2D eigenvalue weighted by Gasteiger charge is 2.21. The second kappa shape index (κ2) is 6.74. The van der Waals surface area contributed by atoms with E-state index in [4.69, 9.17) is 17.0 Å². The maximum absolute atomic E-state index is 11.6. The number of hydrogen-bond donors (Lipinski definition) is 1. The maximum atomic E-state index is 11.6. The molecule has 1 fully saturated rings. The van der Waals surface area contributed by atoms with Crippen LogP contribution in [-0.2, 0) is 4.79 Å². The first-order valence-corrected chi connectivity index (χ1v) is 8.14. The molecule has 0 aliphatic carbocycles. The van der Waals surface area contributed by atoms with E-state index < -0.39 is 0 Å². The first-order chi connectivity index (χ1) is 9.45. The predicted octanol–water partition coefficient (Wildman–Crippen LogP) is 3.97. The molecule has 1 heterocycles. The lowest BCUT2D eigenvalue weighted by atomic mass is 10.2. The number of halogens is 1. The monoisotopic (exact) mass is 371 g/mol. The van der Waals surface area contributed by atoms with Crippen LogP contribution in [0, 0.1) is 5.92 Å². The number of ether oxygens (including phenoxy) is 1. The van der Waals surface area contributed by atoms with Crippen molar-refractivity contribution in [3.8, 4) is 5.75 Å². The Balaban J connectivity index is 2.15. The summed E-state index contributed by atoms with van der Waals surface area (Å²) in [6.07, 6.45) is 1.82. The average molecular weight is 372 g/mol. The zero-order valence-electron chi connectivity index (χ0n) is 11.1. The van der Waals surface area contributed by atoms with Gasteiger partial charge in [-0.3, -0.25) is 4.79 Å². The average Bonchev–Trinajstić information content (AvgIpc) is 2.66. The molecular weight excluding hydrogens is 358 g/mol. The summed E-state index contributed by atoms with van der Waals surface area (Å²) in [5, 5.41) is 2.60. The van der Waals surface area contributed by atoms with Crippen LogP contribution < -0.4 is 10.1 Å². The van der Waals surface area contributed by atoms with Crippen molar-refractivity contribution in [1.82, 2.24) is 5.32 Å². The van der Waals surface area contributed by atoms with Gasteiger partial charge in [-0.15, -0.1) is 0 Å². The van der Waals surface area contributed by atoms with E-state index in [1.165, 1.54) is 11.8 Å². The van der Waals surface area contributed by atoms with E-state index in [9.17, 15) is 4.79 Å². The van der Waals surface area contributed by atoms with Crippen LogP contribution in [0.15, 0.2) is 27.6 Å². The Morgan fingerprint density at radius 2 is 2.25 bits per heavy atom. The zero-order chi connectivity index (χ0) is 14.7. The third-order valence-electron chi connectivity index (χ3n) is 2.47. The fraction of sp³-hybridized carbons (Fsp3) is 0.286. The SMILES string of the molecule is CC(C)COc1ccc(/C=C2\SC(=S)NC2=O)cc1Br. The van der Waals surface area contributed by atoms with Gasteiger partial charge in [-0.1, -0.05) is 43.9 Å². The Bertz CT molecular complexity index is 585. The molecule has 1 N–H and O–H groups in total. The second-order valence-corrected chi connectivity index (χ2v) is 7.32. The summed E-state index contributed by atoms with van der Waals surface area (Å²) in [5.41, 5.74) is 0.927. The first-order valence-electron chi connectivity index (χ1n) is 6.13. The number of amides is 1. The quantitative estimate of drug-likeness (QED) is 0.641. The molecule has 1 saturated heterocycles. The Morgan fingerprint density at radius 1 is 1.50 bits per heavy atom. The molecule has 1 aliphatic rings. The van der Waals surface area contributed by atoms with Crippen LogP contribution in [0.3, 0.4) is 0 Å². The van der Waals surface area contributed by atoms with E-state index in [-0.39, 0.29) is 5.91 Å². The minimum atomic E-state index is -0.142. The number of hydrogen-bond acceptors (Lipinski definition) is 4. The van der Waals surface area contributed by atoms with E-state index in [2.05, 4.69) is 35.1 Å². The normalized spacial score (nSPS) is 16.9. The summed E-state index contributed by atoms with van der Waals surface area (Å²) >= 11 is 9.72. The van der Waals surface area contributed by atoms with E-state index in [0.29, 0.717) is 21.8 Å². The number of rotatable bonds is 4. The van der Waals surface area contributed by atoms with Crippen molar-refractivity contribution >= 4 is 56.2 Å². The van der Waals surface area contributed by atoms with Gasteiger partial charge in [0.1, 0.15) is 10.1 Å². The highest BCUT2D eigenvalue weighted by Crippen LogP contribution is 2.30. The van der Waals surface area contributed by atoms with Crippen LogP contribution >= 0.6 is 39.9 Å². The van der Waals surface area contributed by atoms with Gasteiger partial charge in [-0.2, -0.15) is 0 Å². The lowest BCUT2D eigenvalue weighted by molar-refractivity contribution is -0.115. The van der Waals surface area contributed by atoms with E-state index in [1.807, 2.05) is 24.3 Å². The summed E-state index contributed by atoms with van der Waals surface area (Å²) in [6.45, 7) is 4.88. The molecule has 106 valence electrons. The Kier molecular flexibility index (Phi) is 5.23. The molecule has 1 amide bonds. The van der Waals surface area contributed by atoms with Gasteiger partial charge in [0.2, 0.25) is 0 Å². The van der Waals surface area contributed by atoms with Crippen LogP contribution in [0.25, 0.3) is 6.08 Å². The lowest BCUT2D eigenvalue weighted by Gasteiger charge is -2.10. The van der Waals surface area contributed by atoms with E-state index in [1.54, 1.807) is 0 Å². The van der Waals surface area contributed by atoms with Crippen molar-refractivity contribution < 1.29 is 9.53 Å². The minimum absolute atomic E-state index is 0.142. The van der Waals surface area contributed by atoms with Crippen molar-refractivity contribution in [2.24, 2.45) is 5.92 Å². The smallest absolute Gasteiger partial charge is 0.263 e. The van der Waals surface area contributed by atoms with Crippen LogP contribution in [0.4, 0.5) is 0 Å². The molecule has 2 rings (SSSR count). The molecular formula is C14H14BrNO2S2. The van der Waals surface area contributed by atoms with Crippen LogP contribution in [-0.4, -0.2) is 16.8 Å². The molecule has 0 saturated carbocycles. The number of thiocarbonyl (C=S) groups is 1. The van der Waals surface area contributed by atoms with Gasteiger partial charge in [0.25, 0.3) is 5.91 Å². The van der Waals surface area contributed by atoms with Gasteiger partial charge >= 0.3 is 0 Å². The van der Waals surface area contributed by atoms with Crippen LogP contribution in [0.5, 0.6) is 5.75 Å². The molecule has 6 heteroatoms. The fourth-order valence-electron chi connectivity index (χ4n) is 1.55. The topological polar surface area (TPSA) is 38.3 Å². The third-order valence-corrected chi connectivity index (χ3v) is 4.25. The molecule has 0 spiro atoms. The molecule has 1 aromatic carbocycles. The van der Waals surface area contributed by atoms with Crippen molar-refractivity contribution in [2.75, 3.05) is 6.61 Å². The molecule has 20 heavy (non-hydrogen) atoms. The van der Waals surface area contributed by atoms with Gasteiger partial charge in [0.15, 0.2) is 0 Å². The Hall–Kier alpha value is -0.850. The van der Waals surface area contributed by atoms with Crippen molar-refractivity contribution in [3.63, 3.8) is 0 Å². The van der Waals surface area contributed by atoms with Gasteiger partial charge in [-0.25, -0.2) is 0 Å². The molecule has 1 aliphatic heterocycles. The molecule has 0 bridgehead atoms. The molecule has 0 atom stereocenters. The number of carbonyl (C=O) groups is 1. The number of benzene rings is 1. The largest absolute Gasteiger partial charge is 0.492 e. The third kappa shape index (κ3) is 4.07. The van der Waals surface area contributed by atoms with Gasteiger partial charge in [0.05, 0.1) is 16.0 Å². The molecule has 1 aromatic rings. The Labute approximate surface area is 136 Å². The highest BCUT2D eigenvalue weighted by atomic mass is 79.9. The summed E-state index contributed by atoms with van der Waals surface area (Å²) < 4.78 is 7.06. The molecule has 0 unspecified atom stereocenters. The van der Waals surface area contributed by atoms with Gasteiger partial charge in [0, 0.05) is 0 Å². The summed E-state index contributed by atoms with van der Waals surface area (Å²) in [7, 11) is 0. The van der Waals surface area contributed by atoms with Crippen LogP contribution in [0.2, 0.25) is 0 Å². The summed E-state index contributed by atoms with van der Waals surface area (Å²) in [5.74, 6) is 1.14. The van der Waals surface area contributed by atoms with E-state index >= 15 is 0 Å². The van der Waals surface area contributed by atoms with Crippen LogP contribution in [0.1, 0.15) is 19.4 Å². The number of carbonyl (C=O) groups excluding carboxylic acids is 1. The van der Waals surface area contributed by atoms with Gasteiger partial charge < -0.3 is 10.1 Å². The van der Waals surface area contributed by atoms with Crippen molar-refractivity contribution in [3.05, 3.63) is 33.1 Å². The van der Waals surface area contributed by atoms with Crippen molar-refractivity contribution in [1.29, 1.82) is 0 Å². The standard InChI is InChI=1S/C14H14BrNO2S2/c1-8(2)7-18-11-4-3-9(5-10(11)15)6-12-13(17)16-14(19)20-12/h3-6,8H,7H2,1-2H3,(H,16,17,19)/b12-6-. The number of thioether (sulfide) groups is 1. The second-order valence-electron chi connectivity index (χ2n) is 4.75. The summed E-state index contributed by atoms with van der Waals surface area (Å²) in [6, 6.07) is 5.75. The van der Waals surface area contributed by atoms with Gasteiger partial charge in [-0.05, 0) is 45.6 Å².